The van der Waals surface area contributed by atoms with E-state index in [1.54, 1.807) is 14.0 Å². The second kappa shape index (κ2) is 5.70. The van der Waals surface area contributed by atoms with Gasteiger partial charge in [0.2, 0.25) is 0 Å². The summed E-state index contributed by atoms with van der Waals surface area (Å²) in [6.45, 7) is 2.67. The van der Waals surface area contributed by atoms with Gasteiger partial charge in [-0.15, -0.1) is 0 Å². The average molecular weight is 287 g/mol. The number of hydrogen-bond acceptors (Lipinski definition) is 3. The van der Waals surface area contributed by atoms with Crippen LogP contribution in [-0.4, -0.2) is 26.5 Å². The van der Waals surface area contributed by atoms with Gasteiger partial charge >= 0.3 is 0 Å². The zero-order valence-electron chi connectivity index (χ0n) is 13.3. The Labute approximate surface area is 127 Å². The molecule has 0 N–H and O–H groups in total. The maximum absolute atomic E-state index is 12.0. The number of ketones is 1. The molecule has 1 aromatic carbocycles. The van der Waals surface area contributed by atoms with E-state index in [1.807, 2.05) is 18.2 Å². The number of hydrogen-bond donors (Lipinski definition) is 0. The fourth-order valence-electron chi connectivity index (χ4n) is 4.41. The molecule has 0 aliphatic heterocycles. The van der Waals surface area contributed by atoms with Crippen LogP contribution in [0.2, 0.25) is 0 Å². The lowest BCUT2D eigenvalue weighted by Gasteiger charge is -2.30. The van der Waals surface area contributed by atoms with Crippen molar-refractivity contribution in [3.05, 3.63) is 23.8 Å². The first-order chi connectivity index (χ1) is 10.1. The van der Waals surface area contributed by atoms with Gasteiger partial charge in [0, 0.05) is 13.6 Å². The third-order valence-electron chi connectivity index (χ3n) is 5.38. The highest BCUT2D eigenvalue weighted by atomic mass is 16.5. The molecular weight excluding hydrogens is 262 g/mol. The van der Waals surface area contributed by atoms with Crippen molar-refractivity contribution >= 4 is 11.5 Å². The number of rotatable bonds is 5. The van der Waals surface area contributed by atoms with E-state index in [0.29, 0.717) is 11.3 Å². The molecule has 0 aromatic heterocycles. The molecule has 2 aliphatic carbocycles. The lowest BCUT2D eigenvalue weighted by atomic mass is 9.88. The van der Waals surface area contributed by atoms with E-state index in [9.17, 15) is 4.79 Å². The summed E-state index contributed by atoms with van der Waals surface area (Å²) in [5.41, 5.74) is 1.72. The number of methoxy groups -OCH3 is 1. The summed E-state index contributed by atoms with van der Waals surface area (Å²) in [6, 6.07) is 5.87. The Bertz CT molecular complexity index is 540. The van der Waals surface area contributed by atoms with Gasteiger partial charge in [-0.05, 0) is 56.1 Å². The molecule has 114 valence electrons. The molecule has 2 fully saturated rings. The number of carbonyl (C=O) groups excluding carboxylic acids is 1. The third kappa shape index (κ3) is 2.66. The van der Waals surface area contributed by atoms with E-state index < -0.39 is 0 Å². The number of ether oxygens (including phenoxy) is 1. The lowest BCUT2D eigenvalue weighted by Crippen LogP contribution is -2.29. The van der Waals surface area contributed by atoms with Crippen LogP contribution in [0, 0.1) is 17.8 Å². The summed E-state index contributed by atoms with van der Waals surface area (Å²) in [7, 11) is 3.73. The van der Waals surface area contributed by atoms with Gasteiger partial charge in [0.15, 0.2) is 5.78 Å². The minimum Gasteiger partial charge on any atom is -0.496 e. The molecule has 0 heterocycles. The van der Waals surface area contributed by atoms with Crippen molar-refractivity contribution < 1.29 is 9.53 Å². The van der Waals surface area contributed by atoms with E-state index in [1.165, 1.54) is 25.7 Å². The topological polar surface area (TPSA) is 29.5 Å². The van der Waals surface area contributed by atoms with Crippen molar-refractivity contribution in [1.29, 1.82) is 0 Å². The number of fused-ring (bicyclic) bond motifs is 2. The van der Waals surface area contributed by atoms with Crippen LogP contribution >= 0.6 is 0 Å². The van der Waals surface area contributed by atoms with Crippen molar-refractivity contribution in [3.63, 3.8) is 0 Å². The van der Waals surface area contributed by atoms with E-state index >= 15 is 0 Å². The monoisotopic (exact) mass is 287 g/mol. The molecule has 2 bridgehead atoms. The molecule has 3 atom stereocenters. The van der Waals surface area contributed by atoms with Crippen molar-refractivity contribution in [2.75, 3.05) is 25.6 Å². The number of carbonyl (C=O) groups is 1. The van der Waals surface area contributed by atoms with E-state index in [-0.39, 0.29) is 5.78 Å². The molecule has 0 saturated heterocycles. The standard InChI is InChI=1S/C18H25NO2/c1-12(20)18-16(5-4-6-17(18)21-3)19(2)11-15-10-13-7-8-14(15)9-13/h4-6,13-15H,7-11H2,1-3H3. The largest absolute Gasteiger partial charge is 0.496 e. The first kappa shape index (κ1) is 14.4. The predicted molar refractivity (Wildman–Crippen MR) is 85.2 cm³/mol. The van der Waals surface area contributed by atoms with Crippen molar-refractivity contribution in [3.8, 4) is 5.75 Å². The maximum atomic E-state index is 12.0. The highest BCUT2D eigenvalue weighted by Gasteiger charge is 2.39. The molecule has 3 nitrogen and oxygen atoms in total. The Hall–Kier alpha value is -1.51. The summed E-state index contributed by atoms with van der Waals surface area (Å²) >= 11 is 0. The molecule has 0 amide bonds. The summed E-state index contributed by atoms with van der Waals surface area (Å²) in [5, 5.41) is 0. The highest BCUT2D eigenvalue weighted by molar-refractivity contribution is 6.02. The Morgan fingerprint density at radius 2 is 2.14 bits per heavy atom. The Morgan fingerprint density at radius 3 is 2.71 bits per heavy atom. The van der Waals surface area contributed by atoms with Crippen LogP contribution in [0.3, 0.4) is 0 Å². The second-order valence-electron chi connectivity index (χ2n) is 6.73. The molecule has 0 radical (unpaired) electrons. The van der Waals surface area contributed by atoms with Gasteiger partial charge in [0.05, 0.1) is 18.4 Å². The van der Waals surface area contributed by atoms with Crippen LogP contribution in [-0.2, 0) is 0 Å². The minimum absolute atomic E-state index is 0.0715. The molecule has 3 heteroatoms. The van der Waals surface area contributed by atoms with Crippen LogP contribution in [0.4, 0.5) is 5.69 Å². The maximum Gasteiger partial charge on any atom is 0.165 e. The Morgan fingerprint density at radius 1 is 1.33 bits per heavy atom. The van der Waals surface area contributed by atoms with E-state index in [2.05, 4.69) is 11.9 Å². The molecule has 2 aliphatic rings. The zero-order valence-corrected chi connectivity index (χ0v) is 13.3. The fourth-order valence-corrected chi connectivity index (χ4v) is 4.41. The van der Waals surface area contributed by atoms with Gasteiger partial charge in [0.1, 0.15) is 5.75 Å². The van der Waals surface area contributed by atoms with Crippen molar-refractivity contribution in [2.45, 2.75) is 32.6 Å². The van der Waals surface area contributed by atoms with Crippen LogP contribution in [0.15, 0.2) is 18.2 Å². The van der Waals surface area contributed by atoms with Gasteiger partial charge in [-0.2, -0.15) is 0 Å². The van der Waals surface area contributed by atoms with Crippen LogP contribution in [0.5, 0.6) is 5.75 Å². The molecule has 3 rings (SSSR count). The summed E-state index contributed by atoms with van der Waals surface area (Å²) in [6.07, 6.45) is 5.63. The summed E-state index contributed by atoms with van der Waals surface area (Å²) in [4.78, 5) is 14.3. The van der Waals surface area contributed by atoms with Crippen LogP contribution in [0.25, 0.3) is 0 Å². The van der Waals surface area contributed by atoms with Crippen LogP contribution < -0.4 is 9.64 Å². The van der Waals surface area contributed by atoms with E-state index in [0.717, 1.165) is 30.0 Å². The molecule has 3 unspecified atom stereocenters. The molecule has 0 spiro atoms. The highest BCUT2D eigenvalue weighted by Crippen LogP contribution is 2.48. The van der Waals surface area contributed by atoms with Gasteiger partial charge < -0.3 is 9.64 Å². The summed E-state index contributed by atoms with van der Waals surface area (Å²) in [5.74, 6) is 3.41. The number of nitrogens with zero attached hydrogens (tertiary/aromatic N) is 1. The smallest absolute Gasteiger partial charge is 0.165 e. The number of Topliss-reactive ketones (excluding diaryl/α,β-unsaturated/α-hetero) is 1. The van der Waals surface area contributed by atoms with Crippen molar-refractivity contribution in [2.24, 2.45) is 17.8 Å². The normalized spacial score (nSPS) is 26.9. The SMILES string of the molecule is COc1cccc(N(C)CC2CC3CCC2C3)c1C(C)=O. The molecule has 1 aromatic rings. The first-order valence-corrected chi connectivity index (χ1v) is 7.99. The minimum atomic E-state index is 0.0715. The quantitative estimate of drug-likeness (QED) is 0.772. The molecular formula is C18H25NO2. The van der Waals surface area contributed by atoms with Gasteiger partial charge in [0.25, 0.3) is 0 Å². The lowest BCUT2D eigenvalue weighted by molar-refractivity contribution is 0.101. The van der Waals surface area contributed by atoms with Gasteiger partial charge in [-0.3, -0.25) is 4.79 Å². The molecule has 21 heavy (non-hydrogen) atoms. The van der Waals surface area contributed by atoms with Crippen LogP contribution in [0.1, 0.15) is 43.0 Å². The summed E-state index contributed by atoms with van der Waals surface area (Å²) < 4.78 is 5.37. The zero-order chi connectivity index (χ0) is 15.0. The van der Waals surface area contributed by atoms with Gasteiger partial charge in [-0.1, -0.05) is 12.5 Å². The van der Waals surface area contributed by atoms with E-state index in [4.69, 9.17) is 4.74 Å². The fraction of sp³-hybridized carbons (Fsp3) is 0.611. The Kier molecular flexibility index (Phi) is 3.92. The third-order valence-corrected chi connectivity index (χ3v) is 5.38. The second-order valence-corrected chi connectivity index (χ2v) is 6.73. The van der Waals surface area contributed by atoms with Gasteiger partial charge in [-0.25, -0.2) is 0 Å². The number of anilines is 1. The average Bonchev–Trinajstić information content (AvgIpc) is 3.08. The number of benzene rings is 1. The Balaban J connectivity index is 1.81. The molecule has 2 saturated carbocycles. The van der Waals surface area contributed by atoms with Crippen molar-refractivity contribution in [1.82, 2.24) is 0 Å². The first-order valence-electron chi connectivity index (χ1n) is 7.99. The predicted octanol–water partition coefficient (Wildman–Crippen LogP) is 3.77.